The second kappa shape index (κ2) is 17.3. The van der Waals surface area contributed by atoms with Gasteiger partial charge in [-0.25, -0.2) is 23.9 Å². The van der Waals surface area contributed by atoms with E-state index in [1.165, 1.54) is 25.3 Å². The maximum atomic E-state index is 14.8. The molecule has 4 amide bonds. The molecular weight excluding hydrogens is 780 g/mol. The summed E-state index contributed by atoms with van der Waals surface area (Å²) < 4.78 is 19.6. The number of imidazole rings is 2. The van der Waals surface area contributed by atoms with Gasteiger partial charge in [-0.2, -0.15) is 0 Å². The zero-order valence-electron chi connectivity index (χ0n) is 34.0. The predicted molar refractivity (Wildman–Crippen MR) is 226 cm³/mol. The highest BCUT2D eigenvalue weighted by molar-refractivity contribution is 5.91. The van der Waals surface area contributed by atoms with E-state index in [0.717, 1.165) is 63.7 Å². The molecule has 5 N–H and O–H groups in total. The summed E-state index contributed by atoms with van der Waals surface area (Å²) in [5.74, 6) is -0.198. The summed E-state index contributed by atoms with van der Waals surface area (Å²) in [5.41, 5.74) is 5.63. The number of benzene rings is 4. The highest BCUT2D eigenvalue weighted by Crippen LogP contribution is 2.36. The number of halogens is 1. The van der Waals surface area contributed by atoms with Crippen molar-refractivity contribution in [2.75, 3.05) is 20.2 Å². The zero-order chi connectivity index (χ0) is 42.8. The minimum absolute atomic E-state index is 0.0576. The maximum absolute atomic E-state index is 14.8. The molecule has 2 aromatic heterocycles. The third-order valence-electron chi connectivity index (χ3n) is 11.7. The van der Waals surface area contributed by atoms with Crippen LogP contribution in [0, 0.1) is 11.7 Å². The number of carbonyl (C=O) groups excluding carboxylic acids is 3. The monoisotopic (exact) mass is 826 g/mol. The number of methoxy groups -OCH3 is 1. The standard InChI is InChI=1S/C46H47FN8O6/c1-26(2)39(52-45(58)59)43(56)54-20-6-10-37(54)42-49-25-36(51-42)32-19-18-30-22-29(16-17-31(30)23-32)27-12-14-28(15-13-27)35-24-48-41(50-35)38-11-7-21-55(38)44(57)40(53-46(60)61-3)33-8-4-5-9-34(33)47/h4-5,8-9,12-19,22-26,37-40,52H,6-7,10-11,20-21H2,1-3H3,(H,48,50)(H,49,51)(H,53,60)(H,58,59). The molecule has 2 aliphatic rings. The fraction of sp³-hybridized carbons (Fsp3) is 0.304. The van der Waals surface area contributed by atoms with Crippen molar-refractivity contribution in [3.63, 3.8) is 0 Å². The highest BCUT2D eigenvalue weighted by Gasteiger charge is 2.39. The Hall–Kier alpha value is -7.03. The van der Waals surface area contributed by atoms with Crippen LogP contribution >= 0.6 is 0 Å². The SMILES string of the molecule is COC(=O)NC(C(=O)N1CCCC1c1ncc(-c2ccc(-c3ccc4cc(-c5cnc(C6CCCN6C(=O)C(NC(=O)O)C(C)C)[nH]5)ccc4c3)cc2)[nH]1)c1ccccc1F. The van der Waals surface area contributed by atoms with E-state index in [0.29, 0.717) is 31.2 Å². The second-order valence-corrected chi connectivity index (χ2v) is 15.9. The summed E-state index contributed by atoms with van der Waals surface area (Å²) >= 11 is 0. The van der Waals surface area contributed by atoms with Crippen LogP contribution in [0.15, 0.2) is 97.3 Å². The lowest BCUT2D eigenvalue weighted by atomic mass is 9.98. The van der Waals surface area contributed by atoms with Crippen LogP contribution in [0.3, 0.4) is 0 Å². The first kappa shape index (κ1) is 40.7. The molecule has 0 bridgehead atoms. The first-order valence-corrected chi connectivity index (χ1v) is 20.4. The Morgan fingerprint density at radius 1 is 0.738 bits per heavy atom. The Kier molecular flexibility index (Phi) is 11.5. The van der Waals surface area contributed by atoms with Gasteiger partial charge in [-0.05, 0) is 77.3 Å². The lowest BCUT2D eigenvalue weighted by molar-refractivity contribution is -0.135. The third kappa shape index (κ3) is 8.40. The Labute approximate surface area is 351 Å². The number of nitrogens with one attached hydrogen (secondary N) is 4. The second-order valence-electron chi connectivity index (χ2n) is 15.9. The van der Waals surface area contributed by atoms with Crippen molar-refractivity contribution in [3.8, 4) is 33.6 Å². The van der Waals surface area contributed by atoms with Gasteiger partial charge in [-0.3, -0.25) is 9.59 Å². The Morgan fingerprint density at radius 3 is 1.87 bits per heavy atom. The summed E-state index contributed by atoms with van der Waals surface area (Å²) in [6, 6.07) is 23.8. The number of amides is 4. The minimum atomic E-state index is -1.26. The molecule has 0 saturated carbocycles. The van der Waals surface area contributed by atoms with E-state index in [-0.39, 0.29) is 29.5 Å². The van der Waals surface area contributed by atoms with Crippen molar-refractivity contribution < 1.29 is 33.4 Å². The largest absolute Gasteiger partial charge is 0.465 e. The Bertz CT molecular complexity index is 2590. The number of nitrogens with zero attached hydrogens (tertiary/aromatic N) is 4. The molecule has 14 nitrogen and oxygen atoms in total. The Morgan fingerprint density at radius 2 is 1.28 bits per heavy atom. The van der Waals surface area contributed by atoms with Gasteiger partial charge in [0.2, 0.25) is 5.91 Å². The van der Waals surface area contributed by atoms with Gasteiger partial charge in [0.25, 0.3) is 5.91 Å². The van der Waals surface area contributed by atoms with E-state index in [9.17, 15) is 28.7 Å². The van der Waals surface area contributed by atoms with Crippen molar-refractivity contribution >= 4 is 34.8 Å². The topological polar surface area (TPSA) is 186 Å². The summed E-state index contributed by atoms with van der Waals surface area (Å²) in [7, 11) is 1.19. The molecule has 0 radical (unpaired) electrons. The number of rotatable bonds is 11. The van der Waals surface area contributed by atoms with E-state index < -0.39 is 36.0 Å². The van der Waals surface area contributed by atoms with Gasteiger partial charge in [0, 0.05) is 24.2 Å². The first-order valence-electron chi connectivity index (χ1n) is 20.4. The van der Waals surface area contributed by atoms with Crippen molar-refractivity contribution in [3.05, 3.63) is 120 Å². The van der Waals surface area contributed by atoms with E-state index >= 15 is 0 Å². The first-order chi connectivity index (χ1) is 29.5. The molecule has 2 fully saturated rings. The van der Waals surface area contributed by atoms with Crippen molar-refractivity contribution in [2.24, 2.45) is 5.92 Å². The Balaban J connectivity index is 0.949. The summed E-state index contributed by atoms with van der Waals surface area (Å²) in [5, 5.41) is 16.3. The van der Waals surface area contributed by atoms with Crippen LogP contribution in [0.4, 0.5) is 14.0 Å². The number of carboxylic acid groups (broad SMARTS) is 1. The average Bonchev–Trinajstić information content (AvgIpc) is 4.11. The van der Waals surface area contributed by atoms with E-state index in [2.05, 4.69) is 73.0 Å². The van der Waals surface area contributed by atoms with Gasteiger partial charge in [0.05, 0.1) is 43.0 Å². The number of H-pyrrole nitrogens is 2. The minimum Gasteiger partial charge on any atom is -0.465 e. The molecule has 15 heteroatoms. The van der Waals surface area contributed by atoms with Gasteiger partial charge in [-0.1, -0.05) is 80.6 Å². The normalized spacial score (nSPS) is 17.4. The van der Waals surface area contributed by atoms with Gasteiger partial charge in [0.15, 0.2) is 0 Å². The molecule has 4 aromatic carbocycles. The molecule has 314 valence electrons. The smallest absolute Gasteiger partial charge is 0.407 e. The fourth-order valence-corrected chi connectivity index (χ4v) is 8.52. The van der Waals surface area contributed by atoms with Crippen LogP contribution in [0.5, 0.6) is 0 Å². The van der Waals surface area contributed by atoms with E-state index in [4.69, 9.17) is 4.74 Å². The van der Waals surface area contributed by atoms with Crippen LogP contribution in [-0.2, 0) is 14.3 Å². The molecular formula is C46H47FN8O6. The van der Waals surface area contributed by atoms with Crippen molar-refractivity contribution in [1.29, 1.82) is 0 Å². The molecule has 8 rings (SSSR count). The molecule has 2 saturated heterocycles. The number of alkyl carbamates (subject to hydrolysis) is 1. The number of likely N-dealkylation sites (tertiary alicyclic amines) is 2. The number of fused-ring (bicyclic) bond motifs is 1. The number of ether oxygens (including phenoxy) is 1. The van der Waals surface area contributed by atoms with Gasteiger partial charge >= 0.3 is 12.2 Å². The molecule has 0 aliphatic carbocycles. The number of carbonyl (C=O) groups is 4. The number of hydrogen-bond donors (Lipinski definition) is 5. The lowest BCUT2D eigenvalue weighted by Crippen LogP contribution is -2.50. The van der Waals surface area contributed by atoms with E-state index in [1.54, 1.807) is 28.3 Å². The summed E-state index contributed by atoms with van der Waals surface area (Å²) in [6.45, 7) is 4.62. The van der Waals surface area contributed by atoms with Crippen LogP contribution in [-0.4, -0.2) is 85.1 Å². The molecule has 6 aromatic rings. The van der Waals surface area contributed by atoms with Gasteiger partial charge in [-0.15, -0.1) is 0 Å². The quantitative estimate of drug-likeness (QED) is 0.0866. The molecule has 4 heterocycles. The summed E-state index contributed by atoms with van der Waals surface area (Å²) in [4.78, 5) is 70.4. The summed E-state index contributed by atoms with van der Waals surface area (Å²) in [6.07, 6.45) is 4.39. The fourth-order valence-electron chi connectivity index (χ4n) is 8.52. The highest BCUT2D eigenvalue weighted by atomic mass is 19.1. The van der Waals surface area contributed by atoms with Gasteiger partial charge < -0.3 is 40.2 Å². The molecule has 4 unspecified atom stereocenters. The zero-order valence-corrected chi connectivity index (χ0v) is 34.0. The van der Waals surface area contributed by atoms with Crippen LogP contribution in [0.2, 0.25) is 0 Å². The third-order valence-corrected chi connectivity index (χ3v) is 11.7. The predicted octanol–water partition coefficient (Wildman–Crippen LogP) is 8.14. The number of hydrogen-bond acceptors (Lipinski definition) is 7. The van der Waals surface area contributed by atoms with Crippen LogP contribution in [0.25, 0.3) is 44.4 Å². The molecule has 2 aliphatic heterocycles. The van der Waals surface area contributed by atoms with Crippen LogP contribution < -0.4 is 10.6 Å². The lowest BCUT2D eigenvalue weighted by Gasteiger charge is -2.29. The average molecular weight is 827 g/mol. The molecule has 4 atom stereocenters. The number of aromatic nitrogens is 4. The molecule has 61 heavy (non-hydrogen) atoms. The molecule has 0 spiro atoms. The maximum Gasteiger partial charge on any atom is 0.407 e. The van der Waals surface area contributed by atoms with Crippen LogP contribution in [0.1, 0.15) is 74.9 Å². The van der Waals surface area contributed by atoms with Crippen molar-refractivity contribution in [2.45, 2.75) is 63.7 Å². The van der Waals surface area contributed by atoms with Crippen molar-refractivity contribution in [1.82, 2.24) is 40.4 Å². The van der Waals surface area contributed by atoms with E-state index in [1.807, 2.05) is 32.0 Å². The van der Waals surface area contributed by atoms with Gasteiger partial charge in [0.1, 0.15) is 29.5 Å². The number of aromatic amines is 2.